The first-order valence-electron chi connectivity index (χ1n) is 12.9. The lowest BCUT2D eigenvalue weighted by atomic mass is 9.69. The van der Waals surface area contributed by atoms with Crippen molar-refractivity contribution in [3.8, 4) is 11.5 Å². The molecule has 3 aliphatic rings. The van der Waals surface area contributed by atoms with Gasteiger partial charge in [0, 0.05) is 29.3 Å². The molecule has 1 saturated carbocycles. The normalized spacial score (nSPS) is 24.3. The maximum absolute atomic E-state index is 13.7. The van der Waals surface area contributed by atoms with E-state index in [9.17, 15) is 14.7 Å². The molecule has 6 heteroatoms. The Balaban J connectivity index is 1.57. The van der Waals surface area contributed by atoms with Crippen LogP contribution in [0, 0.1) is 5.92 Å². The minimum absolute atomic E-state index is 0.0137. The molecule has 2 aliphatic carbocycles. The number of hydrogen-bond acceptors (Lipinski definition) is 6. The lowest BCUT2D eigenvalue weighted by molar-refractivity contribution is -0.153. The highest BCUT2D eigenvalue weighted by atomic mass is 16.5. The monoisotopic (exact) mass is 487 g/mol. The fourth-order valence-electron chi connectivity index (χ4n) is 5.89. The Morgan fingerprint density at radius 2 is 1.83 bits per heavy atom. The molecule has 0 saturated heterocycles. The molecule has 6 nitrogen and oxygen atoms in total. The third-order valence-electron chi connectivity index (χ3n) is 7.59. The highest BCUT2D eigenvalue weighted by Crippen LogP contribution is 2.48. The van der Waals surface area contributed by atoms with Gasteiger partial charge in [-0.1, -0.05) is 43.0 Å². The van der Waals surface area contributed by atoms with Crippen LogP contribution in [0.2, 0.25) is 0 Å². The number of rotatable bonds is 6. The Morgan fingerprint density at radius 1 is 1.08 bits per heavy atom. The standard InChI is InChI=1S/C30H33NO5/c1-3-35-26-17-20(13-14-24(26)32)28-27(30(34)36-22-11-7-8-12-22)18(2)31-23-15-21(16-25(33)29(23)28)19-9-5-4-6-10-19/h4-6,9-10,13-14,17,21-22,27-28,31-32H,2-3,7-8,11-12,15-16H2,1H3. The first kappa shape index (κ1) is 24.2. The van der Waals surface area contributed by atoms with Gasteiger partial charge in [-0.3, -0.25) is 9.59 Å². The highest BCUT2D eigenvalue weighted by molar-refractivity contribution is 6.01. The average molecular weight is 488 g/mol. The molecule has 1 aliphatic heterocycles. The molecule has 36 heavy (non-hydrogen) atoms. The predicted octanol–water partition coefficient (Wildman–Crippen LogP) is 5.49. The van der Waals surface area contributed by atoms with Crippen molar-refractivity contribution < 1.29 is 24.2 Å². The van der Waals surface area contributed by atoms with Crippen LogP contribution in [0.5, 0.6) is 11.5 Å². The van der Waals surface area contributed by atoms with E-state index in [4.69, 9.17) is 9.47 Å². The summed E-state index contributed by atoms with van der Waals surface area (Å²) in [5.74, 6) is -1.26. The molecule has 3 atom stereocenters. The molecular weight excluding hydrogens is 454 g/mol. The Bertz CT molecular complexity index is 1200. The van der Waals surface area contributed by atoms with E-state index in [1.165, 1.54) is 0 Å². The molecule has 3 unspecified atom stereocenters. The number of aromatic hydroxyl groups is 1. The van der Waals surface area contributed by atoms with E-state index in [-0.39, 0.29) is 29.5 Å². The van der Waals surface area contributed by atoms with E-state index in [2.05, 4.69) is 24.0 Å². The number of hydrogen-bond donors (Lipinski definition) is 2. The summed E-state index contributed by atoms with van der Waals surface area (Å²) in [6, 6.07) is 15.1. The number of carbonyl (C=O) groups is 2. The van der Waals surface area contributed by atoms with Crippen molar-refractivity contribution in [3.05, 3.63) is 83.2 Å². The van der Waals surface area contributed by atoms with Crippen LogP contribution in [0.3, 0.4) is 0 Å². The van der Waals surface area contributed by atoms with Crippen LogP contribution in [0.25, 0.3) is 0 Å². The number of Topliss-reactive ketones (excluding diaryl/α,β-unsaturated/α-hetero) is 1. The molecule has 2 aromatic carbocycles. The molecule has 2 aromatic rings. The summed E-state index contributed by atoms with van der Waals surface area (Å²) < 4.78 is 11.6. The average Bonchev–Trinajstić information content (AvgIpc) is 3.38. The maximum atomic E-state index is 13.7. The van der Waals surface area contributed by atoms with Crippen LogP contribution in [0.1, 0.15) is 68.4 Å². The number of ketones is 1. The lowest BCUT2D eigenvalue weighted by Crippen LogP contribution is -2.42. The van der Waals surface area contributed by atoms with Crippen LogP contribution < -0.4 is 10.1 Å². The molecule has 1 fully saturated rings. The van der Waals surface area contributed by atoms with Gasteiger partial charge >= 0.3 is 5.97 Å². The van der Waals surface area contributed by atoms with Gasteiger partial charge in [-0.15, -0.1) is 0 Å². The smallest absolute Gasteiger partial charge is 0.316 e. The molecule has 188 valence electrons. The van der Waals surface area contributed by atoms with E-state index >= 15 is 0 Å². The van der Waals surface area contributed by atoms with Gasteiger partial charge in [0.15, 0.2) is 17.3 Å². The van der Waals surface area contributed by atoms with Crippen LogP contribution in [0.15, 0.2) is 72.1 Å². The number of benzene rings is 2. The molecular formula is C30H33NO5. The van der Waals surface area contributed by atoms with Crippen molar-refractivity contribution >= 4 is 11.8 Å². The summed E-state index contributed by atoms with van der Waals surface area (Å²) in [4.78, 5) is 27.3. The van der Waals surface area contributed by atoms with E-state index in [0.717, 1.165) is 42.5 Å². The summed E-state index contributed by atoms with van der Waals surface area (Å²) in [5.41, 5.74) is 3.80. The first-order chi connectivity index (χ1) is 17.5. The van der Waals surface area contributed by atoms with Crippen molar-refractivity contribution in [2.45, 2.75) is 63.4 Å². The molecule has 0 bridgehead atoms. The second-order valence-corrected chi connectivity index (χ2v) is 9.94. The molecule has 0 radical (unpaired) electrons. The number of allylic oxidation sites excluding steroid dienone is 2. The van der Waals surface area contributed by atoms with E-state index in [1.54, 1.807) is 18.2 Å². The summed E-state index contributed by atoms with van der Waals surface area (Å²) in [5, 5.41) is 13.6. The molecule has 0 aromatic heterocycles. The Kier molecular flexibility index (Phi) is 6.86. The van der Waals surface area contributed by atoms with Gasteiger partial charge in [0.25, 0.3) is 0 Å². The van der Waals surface area contributed by atoms with Crippen molar-refractivity contribution in [1.29, 1.82) is 0 Å². The van der Waals surface area contributed by atoms with Crippen LogP contribution in [0.4, 0.5) is 0 Å². The SMILES string of the molecule is C=C1NC2=C(C(=O)CC(c3ccccc3)C2)C(c2ccc(O)c(OCC)c2)C1C(=O)OC1CCCC1. The van der Waals surface area contributed by atoms with E-state index < -0.39 is 11.8 Å². The van der Waals surface area contributed by atoms with Gasteiger partial charge in [-0.25, -0.2) is 0 Å². The zero-order valence-electron chi connectivity index (χ0n) is 20.7. The summed E-state index contributed by atoms with van der Waals surface area (Å²) in [6.45, 7) is 6.45. The van der Waals surface area contributed by atoms with Gasteiger partial charge in [-0.05, 0) is 68.2 Å². The van der Waals surface area contributed by atoms with Gasteiger partial charge in [0.1, 0.15) is 12.0 Å². The topological polar surface area (TPSA) is 84.9 Å². The van der Waals surface area contributed by atoms with Gasteiger partial charge < -0.3 is 19.9 Å². The van der Waals surface area contributed by atoms with Crippen molar-refractivity contribution in [2.75, 3.05) is 6.61 Å². The van der Waals surface area contributed by atoms with Crippen LogP contribution in [-0.4, -0.2) is 29.6 Å². The zero-order valence-corrected chi connectivity index (χ0v) is 20.7. The quantitative estimate of drug-likeness (QED) is 0.524. The minimum Gasteiger partial charge on any atom is -0.504 e. The largest absolute Gasteiger partial charge is 0.504 e. The molecule has 0 spiro atoms. The van der Waals surface area contributed by atoms with Gasteiger partial charge in [0.2, 0.25) is 0 Å². The summed E-state index contributed by atoms with van der Waals surface area (Å²) in [6.07, 6.45) is 4.76. The number of esters is 1. The number of phenolic OH excluding ortho intramolecular Hbond substituents is 1. The lowest BCUT2D eigenvalue weighted by Gasteiger charge is -2.40. The highest BCUT2D eigenvalue weighted by Gasteiger charge is 2.46. The van der Waals surface area contributed by atoms with Crippen LogP contribution >= 0.6 is 0 Å². The molecule has 2 N–H and O–H groups in total. The second-order valence-electron chi connectivity index (χ2n) is 9.94. The number of phenols is 1. The maximum Gasteiger partial charge on any atom is 0.316 e. The van der Waals surface area contributed by atoms with Gasteiger partial charge in [-0.2, -0.15) is 0 Å². The fourth-order valence-corrected chi connectivity index (χ4v) is 5.89. The fraction of sp³-hybridized carbons (Fsp3) is 0.400. The minimum atomic E-state index is -0.749. The molecule has 0 amide bonds. The molecule has 1 heterocycles. The number of carbonyl (C=O) groups excluding carboxylic acids is 2. The predicted molar refractivity (Wildman–Crippen MR) is 137 cm³/mol. The van der Waals surface area contributed by atoms with Crippen molar-refractivity contribution in [2.24, 2.45) is 5.92 Å². The Morgan fingerprint density at radius 3 is 2.56 bits per heavy atom. The third kappa shape index (κ3) is 4.64. The number of ether oxygens (including phenoxy) is 2. The van der Waals surface area contributed by atoms with Crippen LogP contribution in [-0.2, 0) is 14.3 Å². The summed E-state index contributed by atoms with van der Waals surface area (Å²) >= 11 is 0. The van der Waals surface area contributed by atoms with Crippen molar-refractivity contribution in [1.82, 2.24) is 5.32 Å². The Hall–Kier alpha value is -3.54. The summed E-state index contributed by atoms with van der Waals surface area (Å²) in [7, 11) is 0. The molecule has 5 rings (SSSR count). The van der Waals surface area contributed by atoms with Gasteiger partial charge in [0.05, 0.1) is 6.61 Å². The van der Waals surface area contributed by atoms with E-state index in [0.29, 0.717) is 36.5 Å². The Labute approximate surface area is 212 Å². The van der Waals surface area contributed by atoms with Crippen molar-refractivity contribution in [3.63, 3.8) is 0 Å². The van der Waals surface area contributed by atoms with E-state index in [1.807, 2.05) is 25.1 Å². The first-order valence-corrected chi connectivity index (χ1v) is 12.9. The second kappa shape index (κ2) is 10.2. The number of nitrogens with one attached hydrogen (secondary N) is 1. The third-order valence-corrected chi connectivity index (χ3v) is 7.59. The zero-order chi connectivity index (χ0) is 25.2.